The van der Waals surface area contributed by atoms with Gasteiger partial charge in [-0.05, 0) is 36.6 Å². The van der Waals surface area contributed by atoms with Gasteiger partial charge in [-0.2, -0.15) is 0 Å². The molecular formula is C17H20ClN3. The summed E-state index contributed by atoms with van der Waals surface area (Å²) in [7, 11) is 0. The molecule has 1 N–H and O–H groups in total. The SMILES string of the molecule is CCCNc1ccc(Cl)c(CN2CCc3ccccc32)n1. The molecule has 0 radical (unpaired) electrons. The molecule has 0 bridgehead atoms. The summed E-state index contributed by atoms with van der Waals surface area (Å²) in [5, 5.41) is 4.06. The molecule has 0 saturated heterocycles. The van der Waals surface area contributed by atoms with Gasteiger partial charge >= 0.3 is 0 Å². The molecular weight excluding hydrogens is 282 g/mol. The van der Waals surface area contributed by atoms with E-state index in [1.54, 1.807) is 0 Å². The Bertz CT molecular complexity index is 627. The van der Waals surface area contributed by atoms with Crippen molar-refractivity contribution in [2.45, 2.75) is 26.3 Å². The van der Waals surface area contributed by atoms with E-state index in [9.17, 15) is 0 Å². The van der Waals surface area contributed by atoms with Gasteiger partial charge < -0.3 is 10.2 Å². The lowest BCUT2D eigenvalue weighted by Gasteiger charge is -2.20. The molecule has 4 heteroatoms. The fourth-order valence-corrected chi connectivity index (χ4v) is 2.86. The normalized spacial score (nSPS) is 13.3. The van der Waals surface area contributed by atoms with Crippen molar-refractivity contribution in [3.05, 3.63) is 52.7 Å². The molecule has 3 nitrogen and oxygen atoms in total. The zero-order valence-electron chi connectivity index (χ0n) is 12.3. The van der Waals surface area contributed by atoms with Gasteiger partial charge in [0, 0.05) is 18.8 Å². The molecule has 2 aromatic rings. The number of pyridine rings is 1. The zero-order chi connectivity index (χ0) is 14.7. The number of hydrogen-bond donors (Lipinski definition) is 1. The number of rotatable bonds is 5. The van der Waals surface area contributed by atoms with Crippen LogP contribution in [0.25, 0.3) is 0 Å². The van der Waals surface area contributed by atoms with Crippen LogP contribution in [0.3, 0.4) is 0 Å². The largest absolute Gasteiger partial charge is 0.370 e. The Morgan fingerprint density at radius 2 is 2.10 bits per heavy atom. The third kappa shape index (κ3) is 3.13. The van der Waals surface area contributed by atoms with E-state index in [1.807, 2.05) is 12.1 Å². The fourth-order valence-electron chi connectivity index (χ4n) is 2.70. The molecule has 1 aliphatic rings. The highest BCUT2D eigenvalue weighted by molar-refractivity contribution is 6.31. The molecule has 1 aromatic heterocycles. The molecule has 0 fully saturated rings. The summed E-state index contributed by atoms with van der Waals surface area (Å²) < 4.78 is 0. The third-order valence-corrected chi connectivity index (χ3v) is 4.14. The molecule has 0 unspecified atom stereocenters. The monoisotopic (exact) mass is 301 g/mol. The molecule has 0 spiro atoms. The van der Waals surface area contributed by atoms with Gasteiger partial charge in [0.25, 0.3) is 0 Å². The van der Waals surface area contributed by atoms with Gasteiger partial charge in [0.05, 0.1) is 17.3 Å². The summed E-state index contributed by atoms with van der Waals surface area (Å²) in [5.74, 6) is 0.906. The number of benzene rings is 1. The van der Waals surface area contributed by atoms with Gasteiger partial charge in [-0.25, -0.2) is 4.98 Å². The van der Waals surface area contributed by atoms with Crippen LogP contribution < -0.4 is 10.2 Å². The lowest BCUT2D eigenvalue weighted by atomic mass is 10.2. The average Bonchev–Trinajstić information content (AvgIpc) is 2.91. The van der Waals surface area contributed by atoms with E-state index in [2.05, 4.69) is 46.4 Å². The first-order chi connectivity index (χ1) is 10.3. The fraction of sp³-hybridized carbons (Fsp3) is 0.353. The maximum atomic E-state index is 6.32. The summed E-state index contributed by atoms with van der Waals surface area (Å²) in [6.45, 7) is 4.87. The number of para-hydroxylation sites is 1. The number of fused-ring (bicyclic) bond motifs is 1. The van der Waals surface area contributed by atoms with Crippen molar-refractivity contribution < 1.29 is 0 Å². The van der Waals surface area contributed by atoms with Gasteiger partial charge in [-0.15, -0.1) is 0 Å². The van der Waals surface area contributed by atoms with Gasteiger partial charge in [0.1, 0.15) is 5.82 Å². The molecule has 0 amide bonds. The molecule has 1 aliphatic heterocycles. The maximum Gasteiger partial charge on any atom is 0.126 e. The second-order valence-corrected chi connectivity index (χ2v) is 5.76. The standard InChI is InChI=1S/C17H20ClN3/c1-2-10-19-17-8-7-14(18)15(20-17)12-21-11-9-13-5-3-4-6-16(13)21/h3-8H,2,9-12H2,1H3,(H,19,20). The van der Waals surface area contributed by atoms with Crippen molar-refractivity contribution >= 4 is 23.1 Å². The van der Waals surface area contributed by atoms with Crippen LogP contribution >= 0.6 is 11.6 Å². The quantitative estimate of drug-likeness (QED) is 0.900. The van der Waals surface area contributed by atoms with Crippen LogP contribution in [0, 0.1) is 0 Å². The Morgan fingerprint density at radius 1 is 1.24 bits per heavy atom. The molecule has 0 atom stereocenters. The number of aromatic nitrogens is 1. The Kier molecular flexibility index (Phi) is 4.30. The van der Waals surface area contributed by atoms with Gasteiger partial charge in [-0.1, -0.05) is 36.7 Å². The van der Waals surface area contributed by atoms with Crippen LogP contribution in [-0.4, -0.2) is 18.1 Å². The first-order valence-electron chi connectivity index (χ1n) is 7.50. The first kappa shape index (κ1) is 14.2. The lowest BCUT2D eigenvalue weighted by Crippen LogP contribution is -2.21. The minimum absolute atomic E-state index is 0.737. The number of hydrogen-bond acceptors (Lipinski definition) is 3. The van der Waals surface area contributed by atoms with E-state index >= 15 is 0 Å². The molecule has 1 aromatic carbocycles. The van der Waals surface area contributed by atoms with Crippen LogP contribution in [0.4, 0.5) is 11.5 Å². The molecule has 110 valence electrons. The Hall–Kier alpha value is -1.74. The second-order valence-electron chi connectivity index (χ2n) is 5.35. The van der Waals surface area contributed by atoms with Crippen LogP contribution in [0.5, 0.6) is 0 Å². The highest BCUT2D eigenvalue weighted by atomic mass is 35.5. The molecule has 0 saturated carbocycles. The minimum Gasteiger partial charge on any atom is -0.370 e. The molecule has 2 heterocycles. The summed E-state index contributed by atoms with van der Waals surface area (Å²) >= 11 is 6.32. The lowest BCUT2D eigenvalue weighted by molar-refractivity contribution is 0.814. The Balaban J connectivity index is 1.79. The highest BCUT2D eigenvalue weighted by Crippen LogP contribution is 2.30. The molecule has 0 aliphatic carbocycles. The number of halogens is 1. The van der Waals surface area contributed by atoms with Crippen LogP contribution in [0.2, 0.25) is 5.02 Å². The first-order valence-corrected chi connectivity index (χ1v) is 7.88. The van der Waals surface area contributed by atoms with E-state index in [1.165, 1.54) is 11.3 Å². The smallest absolute Gasteiger partial charge is 0.126 e. The zero-order valence-corrected chi connectivity index (χ0v) is 13.0. The number of nitrogens with zero attached hydrogens (tertiary/aromatic N) is 2. The predicted octanol–water partition coefficient (Wildman–Crippen LogP) is 4.12. The van der Waals surface area contributed by atoms with Crippen molar-refractivity contribution in [3.8, 4) is 0 Å². The van der Waals surface area contributed by atoms with Crippen molar-refractivity contribution in [3.63, 3.8) is 0 Å². The topological polar surface area (TPSA) is 28.2 Å². The maximum absolute atomic E-state index is 6.32. The third-order valence-electron chi connectivity index (χ3n) is 3.80. The van der Waals surface area contributed by atoms with E-state index in [0.717, 1.165) is 49.0 Å². The molecule has 21 heavy (non-hydrogen) atoms. The Morgan fingerprint density at radius 3 is 2.95 bits per heavy atom. The summed E-state index contributed by atoms with van der Waals surface area (Å²) in [6, 6.07) is 12.4. The van der Waals surface area contributed by atoms with Crippen LogP contribution in [0.1, 0.15) is 24.6 Å². The van der Waals surface area contributed by atoms with Crippen LogP contribution in [0.15, 0.2) is 36.4 Å². The van der Waals surface area contributed by atoms with Crippen molar-refractivity contribution in [1.29, 1.82) is 0 Å². The summed E-state index contributed by atoms with van der Waals surface area (Å²) in [5.41, 5.74) is 3.66. The summed E-state index contributed by atoms with van der Waals surface area (Å²) in [6.07, 6.45) is 2.18. The average molecular weight is 302 g/mol. The van der Waals surface area contributed by atoms with Crippen molar-refractivity contribution in [2.24, 2.45) is 0 Å². The Labute approximate surface area is 131 Å². The van der Waals surface area contributed by atoms with Crippen molar-refractivity contribution in [2.75, 3.05) is 23.3 Å². The van der Waals surface area contributed by atoms with Gasteiger partial charge in [0.2, 0.25) is 0 Å². The number of anilines is 2. The van der Waals surface area contributed by atoms with Gasteiger partial charge in [0.15, 0.2) is 0 Å². The summed E-state index contributed by atoms with van der Waals surface area (Å²) in [4.78, 5) is 7.02. The van der Waals surface area contributed by atoms with Crippen LogP contribution in [-0.2, 0) is 13.0 Å². The highest BCUT2D eigenvalue weighted by Gasteiger charge is 2.19. The predicted molar refractivity (Wildman–Crippen MR) is 89.2 cm³/mol. The van der Waals surface area contributed by atoms with E-state index in [0.29, 0.717) is 0 Å². The molecule has 3 rings (SSSR count). The minimum atomic E-state index is 0.737. The second kappa shape index (κ2) is 6.35. The number of nitrogens with one attached hydrogen (secondary N) is 1. The van der Waals surface area contributed by atoms with Gasteiger partial charge in [-0.3, -0.25) is 0 Å². The van der Waals surface area contributed by atoms with E-state index in [-0.39, 0.29) is 0 Å². The van der Waals surface area contributed by atoms with E-state index in [4.69, 9.17) is 11.6 Å². The van der Waals surface area contributed by atoms with Crippen molar-refractivity contribution in [1.82, 2.24) is 4.98 Å². The van der Waals surface area contributed by atoms with E-state index < -0.39 is 0 Å².